The molecular weight excluding hydrogens is 300 g/mol. The smallest absolute Gasteiger partial charge is 0.224 e. The molecule has 2 aromatic carbocycles. The van der Waals surface area contributed by atoms with Gasteiger partial charge < -0.3 is 10.1 Å². The third kappa shape index (κ3) is 3.90. The minimum Gasteiger partial charge on any atom is -0.497 e. The van der Waals surface area contributed by atoms with Crippen LogP contribution in [-0.4, -0.2) is 24.5 Å². The Morgan fingerprint density at radius 1 is 1.12 bits per heavy atom. The van der Waals surface area contributed by atoms with Crippen molar-refractivity contribution in [2.45, 2.75) is 12.8 Å². The Bertz CT molecular complexity index is 840. The lowest BCUT2D eigenvalue weighted by atomic mass is 10.1. The minimum atomic E-state index is 0.0106. The lowest BCUT2D eigenvalue weighted by Gasteiger charge is -2.08. The Morgan fingerprint density at radius 2 is 1.96 bits per heavy atom. The predicted octanol–water partition coefficient (Wildman–Crippen LogP) is 3.14. The molecule has 0 saturated heterocycles. The first kappa shape index (κ1) is 16.0. The average molecular weight is 320 g/mol. The van der Waals surface area contributed by atoms with E-state index >= 15 is 0 Å². The van der Waals surface area contributed by atoms with Crippen molar-refractivity contribution in [1.29, 1.82) is 0 Å². The molecule has 24 heavy (non-hydrogen) atoms. The number of amides is 1. The molecular formula is C20H20N2O2. The fraction of sp³-hybridized carbons (Fsp3) is 0.200. The topological polar surface area (TPSA) is 51.2 Å². The molecule has 4 heteroatoms. The normalized spacial score (nSPS) is 10.5. The molecule has 0 unspecified atom stereocenters. The Morgan fingerprint density at radius 3 is 2.83 bits per heavy atom. The van der Waals surface area contributed by atoms with Crippen LogP contribution >= 0.6 is 0 Å². The maximum atomic E-state index is 12.1. The van der Waals surface area contributed by atoms with E-state index in [1.54, 1.807) is 13.3 Å². The van der Waals surface area contributed by atoms with Crippen LogP contribution in [0.3, 0.4) is 0 Å². The molecule has 3 rings (SSSR count). The molecule has 0 radical (unpaired) electrons. The number of pyridine rings is 1. The number of carbonyl (C=O) groups is 1. The van der Waals surface area contributed by atoms with Crippen LogP contribution < -0.4 is 10.1 Å². The number of benzene rings is 2. The van der Waals surface area contributed by atoms with Crippen LogP contribution in [0.25, 0.3) is 10.9 Å². The lowest BCUT2D eigenvalue weighted by molar-refractivity contribution is -0.120. The fourth-order valence-electron chi connectivity index (χ4n) is 2.74. The zero-order valence-electron chi connectivity index (χ0n) is 13.7. The van der Waals surface area contributed by atoms with E-state index in [9.17, 15) is 4.79 Å². The van der Waals surface area contributed by atoms with Crippen molar-refractivity contribution in [2.75, 3.05) is 13.7 Å². The van der Waals surface area contributed by atoms with Gasteiger partial charge >= 0.3 is 0 Å². The molecule has 0 saturated carbocycles. The van der Waals surface area contributed by atoms with Gasteiger partial charge in [0.1, 0.15) is 5.75 Å². The summed E-state index contributed by atoms with van der Waals surface area (Å²) in [5, 5.41) is 4.10. The number of nitrogens with one attached hydrogen (secondary N) is 1. The second-order valence-electron chi connectivity index (χ2n) is 5.62. The van der Waals surface area contributed by atoms with Gasteiger partial charge in [0.2, 0.25) is 5.91 Å². The number of fused-ring (bicyclic) bond motifs is 1. The Kier molecular flexibility index (Phi) is 5.06. The highest BCUT2D eigenvalue weighted by Gasteiger charge is 2.06. The van der Waals surface area contributed by atoms with Crippen molar-refractivity contribution in [3.63, 3.8) is 0 Å². The van der Waals surface area contributed by atoms with Crippen molar-refractivity contribution in [1.82, 2.24) is 10.3 Å². The van der Waals surface area contributed by atoms with Crippen LogP contribution in [0.4, 0.5) is 0 Å². The molecule has 0 aliphatic carbocycles. The summed E-state index contributed by atoms with van der Waals surface area (Å²) in [6, 6.07) is 17.7. The van der Waals surface area contributed by atoms with Crippen molar-refractivity contribution in [2.24, 2.45) is 0 Å². The highest BCUT2D eigenvalue weighted by molar-refractivity contribution is 5.82. The van der Waals surface area contributed by atoms with E-state index in [1.165, 1.54) is 0 Å². The first-order valence-electron chi connectivity index (χ1n) is 7.98. The molecule has 0 bridgehead atoms. The molecule has 4 nitrogen and oxygen atoms in total. The third-order valence-corrected chi connectivity index (χ3v) is 3.93. The van der Waals surface area contributed by atoms with Crippen LogP contribution in [0.5, 0.6) is 5.75 Å². The first-order chi connectivity index (χ1) is 11.8. The highest BCUT2D eigenvalue weighted by Crippen LogP contribution is 2.16. The summed E-state index contributed by atoms with van der Waals surface area (Å²) in [4.78, 5) is 16.5. The molecule has 122 valence electrons. The number of nitrogens with zero attached hydrogens (tertiary/aromatic N) is 1. The Balaban J connectivity index is 1.56. The maximum Gasteiger partial charge on any atom is 0.224 e. The van der Waals surface area contributed by atoms with Crippen LogP contribution in [0.2, 0.25) is 0 Å². The van der Waals surface area contributed by atoms with Crippen LogP contribution in [-0.2, 0) is 17.6 Å². The summed E-state index contributed by atoms with van der Waals surface area (Å²) < 4.78 is 5.18. The van der Waals surface area contributed by atoms with Crippen LogP contribution in [0, 0.1) is 0 Å². The van der Waals surface area contributed by atoms with Crippen LogP contribution in [0.1, 0.15) is 11.1 Å². The van der Waals surface area contributed by atoms with Gasteiger partial charge in [0.15, 0.2) is 0 Å². The summed E-state index contributed by atoms with van der Waals surface area (Å²) in [5.74, 6) is 0.776. The molecule has 1 heterocycles. The zero-order chi connectivity index (χ0) is 16.8. The number of aromatic nitrogens is 1. The zero-order valence-corrected chi connectivity index (χ0v) is 13.7. The number of para-hydroxylation sites is 1. The van der Waals surface area contributed by atoms with Crippen molar-refractivity contribution in [3.05, 3.63) is 71.9 Å². The second kappa shape index (κ2) is 7.59. The van der Waals surface area contributed by atoms with E-state index in [2.05, 4.69) is 16.4 Å². The predicted molar refractivity (Wildman–Crippen MR) is 95.2 cm³/mol. The fourth-order valence-corrected chi connectivity index (χ4v) is 2.74. The summed E-state index contributed by atoms with van der Waals surface area (Å²) in [7, 11) is 1.62. The lowest BCUT2D eigenvalue weighted by Crippen LogP contribution is -2.27. The number of hydrogen-bond acceptors (Lipinski definition) is 3. The van der Waals surface area contributed by atoms with Gasteiger partial charge in [-0.2, -0.15) is 0 Å². The monoisotopic (exact) mass is 320 g/mol. The number of rotatable bonds is 6. The molecule has 1 amide bonds. The van der Waals surface area contributed by atoms with E-state index in [1.807, 2.05) is 48.5 Å². The molecule has 0 fully saturated rings. The summed E-state index contributed by atoms with van der Waals surface area (Å²) in [6.07, 6.45) is 2.91. The molecule has 0 aliphatic heterocycles. The van der Waals surface area contributed by atoms with Crippen molar-refractivity contribution < 1.29 is 9.53 Å². The summed E-state index contributed by atoms with van der Waals surface area (Å²) in [6.45, 7) is 0.596. The second-order valence-corrected chi connectivity index (χ2v) is 5.62. The van der Waals surface area contributed by atoms with Gasteiger partial charge in [-0.05, 0) is 35.7 Å². The number of carbonyl (C=O) groups excluding carboxylic acids is 1. The summed E-state index contributed by atoms with van der Waals surface area (Å²) >= 11 is 0. The largest absolute Gasteiger partial charge is 0.497 e. The molecule has 1 aromatic heterocycles. The molecule has 0 aliphatic rings. The third-order valence-electron chi connectivity index (χ3n) is 3.93. The van der Waals surface area contributed by atoms with Gasteiger partial charge in [0.05, 0.1) is 19.0 Å². The van der Waals surface area contributed by atoms with Gasteiger partial charge in [-0.1, -0.05) is 36.4 Å². The van der Waals surface area contributed by atoms with Gasteiger partial charge in [-0.3, -0.25) is 9.78 Å². The first-order valence-corrected chi connectivity index (χ1v) is 7.98. The highest BCUT2D eigenvalue weighted by atomic mass is 16.5. The summed E-state index contributed by atoms with van der Waals surface area (Å²) in [5.41, 5.74) is 3.09. The minimum absolute atomic E-state index is 0.0106. The average Bonchev–Trinajstić information content (AvgIpc) is 2.62. The molecule has 1 N–H and O–H groups in total. The Hall–Kier alpha value is -2.88. The van der Waals surface area contributed by atoms with E-state index in [0.717, 1.165) is 34.2 Å². The Labute approximate surface area is 141 Å². The molecule has 0 spiro atoms. The molecule has 3 aromatic rings. The van der Waals surface area contributed by atoms with Crippen molar-refractivity contribution in [3.8, 4) is 5.75 Å². The van der Waals surface area contributed by atoms with Gasteiger partial charge in [-0.15, -0.1) is 0 Å². The quantitative estimate of drug-likeness (QED) is 0.759. The van der Waals surface area contributed by atoms with Gasteiger partial charge in [-0.25, -0.2) is 0 Å². The van der Waals surface area contributed by atoms with Gasteiger partial charge in [0, 0.05) is 18.1 Å². The van der Waals surface area contributed by atoms with E-state index in [0.29, 0.717) is 13.0 Å². The van der Waals surface area contributed by atoms with Gasteiger partial charge in [0.25, 0.3) is 0 Å². The number of methoxy groups -OCH3 is 1. The number of ether oxygens (including phenoxy) is 1. The van der Waals surface area contributed by atoms with E-state index < -0.39 is 0 Å². The maximum absolute atomic E-state index is 12.1. The standard InChI is InChI=1S/C20H20N2O2/c1-24-18-9-2-5-15(13-18)14-19(23)21-12-10-17-7-3-6-16-8-4-11-22-20(16)17/h2-9,11,13H,10,12,14H2,1H3,(H,21,23). The van der Waals surface area contributed by atoms with Crippen molar-refractivity contribution >= 4 is 16.8 Å². The van der Waals surface area contributed by atoms with E-state index in [4.69, 9.17) is 4.74 Å². The molecule has 0 atom stereocenters. The SMILES string of the molecule is COc1cccc(CC(=O)NCCc2cccc3cccnc23)c1. The van der Waals surface area contributed by atoms with E-state index in [-0.39, 0.29) is 5.91 Å². The number of hydrogen-bond donors (Lipinski definition) is 1. The van der Waals surface area contributed by atoms with Crippen LogP contribution in [0.15, 0.2) is 60.8 Å².